The molecule has 0 radical (unpaired) electrons. The number of amides is 3. The number of aliphatic hydroxyl groups excluding tert-OH is 1. The number of likely N-dealkylation sites (N-methyl/N-ethyl adjacent to an activating group) is 1. The molecule has 186 valence electrons. The first-order valence-corrected chi connectivity index (χ1v) is 11.2. The van der Waals surface area contributed by atoms with Gasteiger partial charge in [0.1, 0.15) is 18.7 Å². The second-order valence-corrected chi connectivity index (χ2v) is 9.46. The third kappa shape index (κ3) is 8.25. The zero-order chi connectivity index (χ0) is 26.2. The van der Waals surface area contributed by atoms with Crippen LogP contribution in [0.3, 0.4) is 0 Å². The smallest absolute Gasteiger partial charge is 0.276 e. The largest absolute Gasteiger partial charge is 0.383 e. The molecule has 0 aliphatic heterocycles. The fourth-order valence-corrected chi connectivity index (χ4v) is 3.23. The summed E-state index contributed by atoms with van der Waals surface area (Å²) in [6.07, 6.45) is -2.38. The maximum atomic E-state index is 12.4. The molecule has 0 heterocycles. The molecule has 3 N–H and O–H groups in total. The first-order valence-electron chi connectivity index (χ1n) is 11.2. The van der Waals surface area contributed by atoms with Gasteiger partial charge in [-0.05, 0) is 28.7 Å². The normalized spacial score (nSPS) is 12.5. The van der Waals surface area contributed by atoms with Crippen LogP contribution in [0, 0.1) is 17.3 Å². The topological polar surface area (TPSA) is 110 Å². The second-order valence-electron chi connectivity index (χ2n) is 9.46. The Labute approximate surface area is 206 Å². The number of benzene rings is 2. The number of nitrogens with one attached hydrogen (secondary N) is 1. The zero-order valence-electron chi connectivity index (χ0n) is 20.8. The van der Waals surface area contributed by atoms with Gasteiger partial charge < -0.3 is 15.3 Å². The number of carbonyl (C=O) groups excluding carboxylic acids is 3. The van der Waals surface area contributed by atoms with E-state index in [0.29, 0.717) is 5.56 Å². The quantitative estimate of drug-likeness (QED) is 0.321. The van der Waals surface area contributed by atoms with Crippen LogP contribution in [0.15, 0.2) is 54.6 Å². The SMILES string of the molecule is CN(C)C(=O)[C@@H](NC(=O)C[C@H](O)C(=O)N(O)CC#Cc1ccc(-c2ccccc2)cc1)C(C)(C)C. The van der Waals surface area contributed by atoms with Crippen LogP contribution in [-0.2, 0) is 14.4 Å². The van der Waals surface area contributed by atoms with E-state index in [0.717, 1.165) is 11.1 Å². The highest BCUT2D eigenvalue weighted by atomic mass is 16.5. The molecule has 0 saturated carbocycles. The maximum absolute atomic E-state index is 12.4. The van der Waals surface area contributed by atoms with Gasteiger partial charge in [0.05, 0.1) is 6.42 Å². The molecule has 0 saturated heterocycles. The fraction of sp³-hybridized carbons (Fsp3) is 0.370. The highest BCUT2D eigenvalue weighted by molar-refractivity contribution is 5.91. The van der Waals surface area contributed by atoms with Crippen molar-refractivity contribution in [3.63, 3.8) is 0 Å². The molecule has 0 aliphatic carbocycles. The molecule has 2 atom stereocenters. The summed E-state index contributed by atoms with van der Waals surface area (Å²) in [7, 11) is 3.15. The number of rotatable bonds is 7. The number of hydrogen-bond acceptors (Lipinski definition) is 5. The first kappa shape index (κ1) is 27.6. The van der Waals surface area contributed by atoms with Crippen LogP contribution < -0.4 is 5.32 Å². The average Bonchev–Trinajstić information content (AvgIpc) is 2.81. The van der Waals surface area contributed by atoms with Crippen LogP contribution in [0.1, 0.15) is 32.8 Å². The molecule has 0 aromatic heterocycles. The average molecular weight is 480 g/mol. The third-order valence-electron chi connectivity index (χ3n) is 5.23. The summed E-state index contributed by atoms with van der Waals surface area (Å²) in [4.78, 5) is 38.4. The zero-order valence-corrected chi connectivity index (χ0v) is 20.8. The molecule has 0 bridgehead atoms. The maximum Gasteiger partial charge on any atom is 0.276 e. The standard InChI is InChI=1S/C27H33N3O5/c1-27(2,3)24(26(34)29(4)5)28-23(32)18-22(31)25(33)30(35)17-9-10-19-13-15-21(16-14-19)20-11-7-6-8-12-20/h6-8,11-16,22,24,31,35H,17-18H2,1-5H3,(H,28,32)/t22-,24+/m0/s1. The summed E-state index contributed by atoms with van der Waals surface area (Å²) in [5, 5.41) is 22.9. The molecule has 8 heteroatoms. The van der Waals surface area contributed by atoms with E-state index in [4.69, 9.17) is 0 Å². The van der Waals surface area contributed by atoms with Crippen molar-refractivity contribution in [1.29, 1.82) is 0 Å². The van der Waals surface area contributed by atoms with Crippen molar-refractivity contribution in [3.05, 3.63) is 60.2 Å². The lowest BCUT2D eigenvalue weighted by atomic mass is 9.85. The monoisotopic (exact) mass is 479 g/mol. The van der Waals surface area contributed by atoms with E-state index < -0.39 is 35.8 Å². The lowest BCUT2D eigenvalue weighted by Gasteiger charge is -2.32. The van der Waals surface area contributed by atoms with Gasteiger partial charge in [-0.2, -0.15) is 0 Å². The van der Waals surface area contributed by atoms with E-state index in [1.165, 1.54) is 4.90 Å². The van der Waals surface area contributed by atoms with Crippen molar-refractivity contribution in [2.24, 2.45) is 5.41 Å². The Morgan fingerprint density at radius 2 is 1.51 bits per heavy atom. The summed E-state index contributed by atoms with van der Waals surface area (Å²) >= 11 is 0. The van der Waals surface area contributed by atoms with E-state index in [2.05, 4.69) is 17.2 Å². The van der Waals surface area contributed by atoms with Crippen LogP contribution in [0.2, 0.25) is 0 Å². The Bertz CT molecular complexity index is 1080. The number of hydrogen-bond donors (Lipinski definition) is 3. The Morgan fingerprint density at radius 1 is 0.943 bits per heavy atom. The molecule has 2 rings (SSSR count). The summed E-state index contributed by atoms with van der Waals surface area (Å²) in [5.41, 5.74) is 2.24. The Morgan fingerprint density at radius 3 is 2.06 bits per heavy atom. The van der Waals surface area contributed by atoms with Crippen LogP contribution in [0.25, 0.3) is 11.1 Å². The lowest BCUT2D eigenvalue weighted by molar-refractivity contribution is -0.173. The van der Waals surface area contributed by atoms with Gasteiger partial charge in [-0.3, -0.25) is 19.6 Å². The van der Waals surface area contributed by atoms with E-state index in [1.54, 1.807) is 34.9 Å². The molecule has 8 nitrogen and oxygen atoms in total. The van der Waals surface area contributed by atoms with Crippen molar-refractivity contribution in [2.45, 2.75) is 39.3 Å². The molecular formula is C27H33N3O5. The van der Waals surface area contributed by atoms with Crippen molar-refractivity contribution in [2.75, 3.05) is 20.6 Å². The molecule has 0 unspecified atom stereocenters. The minimum absolute atomic E-state index is 0.273. The van der Waals surface area contributed by atoms with Crippen LogP contribution >= 0.6 is 0 Å². The highest BCUT2D eigenvalue weighted by Gasteiger charge is 2.34. The highest BCUT2D eigenvalue weighted by Crippen LogP contribution is 2.21. The number of nitrogens with zero attached hydrogens (tertiary/aromatic N) is 2. The van der Waals surface area contributed by atoms with Gasteiger partial charge in [-0.1, -0.05) is 75.1 Å². The fourth-order valence-electron chi connectivity index (χ4n) is 3.23. The summed E-state index contributed by atoms with van der Waals surface area (Å²) in [6.45, 7) is 5.04. The van der Waals surface area contributed by atoms with Crippen LogP contribution in [0.4, 0.5) is 0 Å². The molecule has 2 aromatic rings. The van der Waals surface area contributed by atoms with Crippen molar-refractivity contribution in [3.8, 4) is 23.0 Å². The van der Waals surface area contributed by atoms with E-state index in [-0.39, 0.29) is 17.5 Å². The van der Waals surface area contributed by atoms with Crippen LogP contribution in [-0.4, -0.2) is 70.8 Å². The number of hydroxylamine groups is 2. The van der Waals surface area contributed by atoms with Crippen molar-refractivity contribution < 1.29 is 24.7 Å². The molecule has 0 aliphatic rings. The predicted molar refractivity (Wildman–Crippen MR) is 133 cm³/mol. The molecule has 0 spiro atoms. The van der Waals surface area contributed by atoms with Gasteiger partial charge in [0.25, 0.3) is 5.91 Å². The van der Waals surface area contributed by atoms with E-state index >= 15 is 0 Å². The summed E-state index contributed by atoms with van der Waals surface area (Å²) in [6, 6.07) is 16.6. The predicted octanol–water partition coefficient (Wildman–Crippen LogP) is 2.29. The van der Waals surface area contributed by atoms with E-state index in [1.807, 2.05) is 54.6 Å². The lowest BCUT2D eigenvalue weighted by Crippen LogP contribution is -2.54. The minimum atomic E-state index is -1.78. The first-order chi connectivity index (χ1) is 16.4. The van der Waals surface area contributed by atoms with Gasteiger partial charge in [-0.15, -0.1) is 0 Å². The summed E-state index contributed by atoms with van der Waals surface area (Å²) < 4.78 is 0. The molecular weight excluding hydrogens is 446 g/mol. The Hall–Kier alpha value is -3.67. The summed E-state index contributed by atoms with van der Waals surface area (Å²) in [5.74, 6) is 3.48. The third-order valence-corrected chi connectivity index (χ3v) is 5.23. The van der Waals surface area contributed by atoms with E-state index in [9.17, 15) is 24.7 Å². The van der Waals surface area contributed by atoms with Crippen molar-refractivity contribution in [1.82, 2.24) is 15.3 Å². The molecule has 35 heavy (non-hydrogen) atoms. The molecule has 0 fully saturated rings. The van der Waals surface area contributed by atoms with Crippen LogP contribution in [0.5, 0.6) is 0 Å². The van der Waals surface area contributed by atoms with Gasteiger partial charge in [0.15, 0.2) is 0 Å². The van der Waals surface area contributed by atoms with Crippen molar-refractivity contribution >= 4 is 17.7 Å². The molecule has 3 amide bonds. The Balaban J connectivity index is 1.91. The molecule has 2 aromatic carbocycles. The second kappa shape index (κ2) is 12.2. The number of aliphatic hydroxyl groups is 1. The van der Waals surface area contributed by atoms with Gasteiger partial charge in [0, 0.05) is 19.7 Å². The van der Waals surface area contributed by atoms with Gasteiger partial charge >= 0.3 is 0 Å². The number of carbonyl (C=O) groups is 3. The van der Waals surface area contributed by atoms with Gasteiger partial charge in [-0.25, -0.2) is 5.06 Å². The Kier molecular flexibility index (Phi) is 9.58. The van der Waals surface area contributed by atoms with Gasteiger partial charge in [0.2, 0.25) is 11.8 Å². The minimum Gasteiger partial charge on any atom is -0.383 e.